The molecule has 3 rings (SSSR count). The van der Waals surface area contributed by atoms with Crippen LogP contribution in [0.3, 0.4) is 0 Å². The number of hydrogen-bond acceptors (Lipinski definition) is 8. The molecule has 1 amide bonds. The predicted molar refractivity (Wildman–Crippen MR) is 94.5 cm³/mol. The zero-order valence-electron chi connectivity index (χ0n) is 14.0. The van der Waals surface area contributed by atoms with Crippen molar-refractivity contribution < 1.29 is 9.53 Å². The Balaban J connectivity index is 1.73. The molecule has 3 aromatic heterocycles. The lowest BCUT2D eigenvalue weighted by atomic mass is 10.5. The smallest absolute Gasteiger partial charge is 0.388 e. The van der Waals surface area contributed by atoms with Gasteiger partial charge >= 0.3 is 6.09 Å². The monoisotopic (exact) mass is 359 g/mol. The molecule has 0 aliphatic rings. The first-order valence-corrected chi connectivity index (χ1v) is 8.41. The zero-order valence-corrected chi connectivity index (χ0v) is 14.8. The van der Waals surface area contributed by atoms with Crippen LogP contribution in [-0.4, -0.2) is 30.8 Å². The maximum Gasteiger partial charge on any atom is 0.419 e. The molecular weight excluding hydrogens is 342 g/mol. The number of anilines is 3. The van der Waals surface area contributed by atoms with E-state index >= 15 is 0 Å². The van der Waals surface area contributed by atoms with Gasteiger partial charge in [0.2, 0.25) is 0 Å². The minimum absolute atomic E-state index is 0.203. The van der Waals surface area contributed by atoms with Gasteiger partial charge in [0.25, 0.3) is 5.88 Å². The number of aryl methyl sites for hydroxylation is 3. The van der Waals surface area contributed by atoms with Gasteiger partial charge in [0.1, 0.15) is 17.5 Å². The molecule has 10 heteroatoms. The molecule has 0 spiro atoms. The highest BCUT2D eigenvalue weighted by Crippen LogP contribution is 2.33. The SMILES string of the molecule is CCn1nccc1Nc1sc(C)nc1OC(=O)Nc1ccnc(C)n1. The molecule has 0 radical (unpaired) electrons. The van der Waals surface area contributed by atoms with E-state index < -0.39 is 6.09 Å². The van der Waals surface area contributed by atoms with E-state index in [4.69, 9.17) is 4.74 Å². The molecular formula is C15H17N7O2S. The number of thiazole rings is 1. The van der Waals surface area contributed by atoms with Crippen LogP contribution in [0, 0.1) is 13.8 Å². The van der Waals surface area contributed by atoms with Crippen molar-refractivity contribution in [3.63, 3.8) is 0 Å². The molecule has 0 atom stereocenters. The highest BCUT2D eigenvalue weighted by Gasteiger charge is 2.16. The minimum Gasteiger partial charge on any atom is -0.388 e. The highest BCUT2D eigenvalue weighted by molar-refractivity contribution is 7.16. The number of nitrogens with zero attached hydrogens (tertiary/aromatic N) is 5. The van der Waals surface area contributed by atoms with Crippen LogP contribution in [0.15, 0.2) is 24.5 Å². The van der Waals surface area contributed by atoms with Gasteiger partial charge in [0, 0.05) is 18.8 Å². The third-order valence-electron chi connectivity index (χ3n) is 3.16. The number of amides is 1. The van der Waals surface area contributed by atoms with E-state index in [2.05, 4.69) is 30.7 Å². The topological polar surface area (TPSA) is 107 Å². The molecule has 0 saturated heterocycles. The number of aromatic nitrogens is 5. The molecule has 25 heavy (non-hydrogen) atoms. The van der Waals surface area contributed by atoms with Crippen LogP contribution in [0.5, 0.6) is 5.88 Å². The van der Waals surface area contributed by atoms with E-state index in [0.717, 1.165) is 17.4 Å². The summed E-state index contributed by atoms with van der Waals surface area (Å²) in [6.45, 7) is 6.28. The van der Waals surface area contributed by atoms with Crippen molar-refractivity contribution in [3.8, 4) is 5.88 Å². The molecule has 3 aromatic rings. The van der Waals surface area contributed by atoms with Gasteiger partial charge in [0.05, 0.1) is 11.2 Å². The van der Waals surface area contributed by atoms with E-state index in [1.54, 1.807) is 30.1 Å². The summed E-state index contributed by atoms with van der Waals surface area (Å²) in [5.74, 6) is 1.91. The van der Waals surface area contributed by atoms with Crippen LogP contribution in [0.1, 0.15) is 17.8 Å². The van der Waals surface area contributed by atoms with Crippen molar-refractivity contribution in [3.05, 3.63) is 35.4 Å². The summed E-state index contributed by atoms with van der Waals surface area (Å²) in [7, 11) is 0. The van der Waals surface area contributed by atoms with Crippen molar-refractivity contribution in [2.24, 2.45) is 0 Å². The van der Waals surface area contributed by atoms with Gasteiger partial charge in [-0.2, -0.15) is 5.10 Å². The molecule has 0 unspecified atom stereocenters. The largest absolute Gasteiger partial charge is 0.419 e. The van der Waals surface area contributed by atoms with Crippen molar-refractivity contribution in [1.29, 1.82) is 0 Å². The lowest BCUT2D eigenvalue weighted by molar-refractivity contribution is 0.213. The van der Waals surface area contributed by atoms with E-state index in [1.807, 2.05) is 19.9 Å². The summed E-state index contributed by atoms with van der Waals surface area (Å²) >= 11 is 1.39. The number of carbonyl (C=O) groups is 1. The highest BCUT2D eigenvalue weighted by atomic mass is 32.1. The summed E-state index contributed by atoms with van der Waals surface area (Å²) in [6, 6.07) is 3.42. The Morgan fingerprint density at radius 2 is 2.12 bits per heavy atom. The Labute approximate surface area is 148 Å². The first kappa shape index (κ1) is 16.8. The van der Waals surface area contributed by atoms with Crippen molar-refractivity contribution in [2.45, 2.75) is 27.3 Å². The second-order valence-electron chi connectivity index (χ2n) is 5.03. The van der Waals surface area contributed by atoms with Gasteiger partial charge in [-0.25, -0.2) is 24.4 Å². The Bertz CT molecular complexity index is 890. The Hall–Kier alpha value is -3.01. The third-order valence-corrected chi connectivity index (χ3v) is 4.02. The first-order chi connectivity index (χ1) is 12.0. The third kappa shape index (κ3) is 4.10. The molecule has 9 nitrogen and oxygen atoms in total. The van der Waals surface area contributed by atoms with Gasteiger partial charge in [-0.15, -0.1) is 0 Å². The maximum atomic E-state index is 12.1. The van der Waals surface area contributed by atoms with E-state index in [0.29, 0.717) is 16.6 Å². The lowest BCUT2D eigenvalue weighted by Gasteiger charge is -2.08. The Morgan fingerprint density at radius 3 is 2.88 bits per heavy atom. The molecule has 0 bridgehead atoms. The Kier molecular flexibility index (Phi) is 4.89. The average Bonchev–Trinajstić information content (AvgIpc) is 3.14. The van der Waals surface area contributed by atoms with E-state index in [1.165, 1.54) is 11.3 Å². The molecule has 0 aromatic carbocycles. The van der Waals surface area contributed by atoms with Gasteiger partial charge in [-0.1, -0.05) is 11.3 Å². The number of rotatable bonds is 5. The summed E-state index contributed by atoms with van der Waals surface area (Å²) in [5, 5.41) is 11.3. The lowest BCUT2D eigenvalue weighted by Crippen LogP contribution is -2.18. The number of hydrogen-bond donors (Lipinski definition) is 2. The Morgan fingerprint density at radius 1 is 1.28 bits per heavy atom. The standard InChI is InChI=1S/C15H17N7O2S/c1-4-22-12(6-8-17-22)21-14-13(19-10(3)25-14)24-15(23)20-11-5-7-16-9(2)18-11/h5-8,21H,4H2,1-3H3,(H,16,18,20,23). The maximum absolute atomic E-state index is 12.1. The number of nitrogens with one attached hydrogen (secondary N) is 2. The molecule has 3 heterocycles. The first-order valence-electron chi connectivity index (χ1n) is 7.60. The van der Waals surface area contributed by atoms with Crippen molar-refractivity contribution in [1.82, 2.24) is 24.7 Å². The fourth-order valence-electron chi connectivity index (χ4n) is 2.11. The van der Waals surface area contributed by atoms with Crippen LogP contribution in [0.4, 0.5) is 21.4 Å². The van der Waals surface area contributed by atoms with Crippen LogP contribution in [0.2, 0.25) is 0 Å². The summed E-state index contributed by atoms with van der Waals surface area (Å²) in [5.41, 5.74) is 0. The van der Waals surface area contributed by atoms with Crippen LogP contribution in [-0.2, 0) is 6.54 Å². The quantitative estimate of drug-likeness (QED) is 0.720. The van der Waals surface area contributed by atoms with Crippen molar-refractivity contribution >= 4 is 34.1 Å². The second kappa shape index (κ2) is 7.26. The fourth-order valence-corrected chi connectivity index (χ4v) is 2.86. The number of ether oxygens (including phenoxy) is 1. The fraction of sp³-hybridized carbons (Fsp3) is 0.267. The van der Waals surface area contributed by atoms with E-state index in [9.17, 15) is 4.79 Å². The van der Waals surface area contributed by atoms with E-state index in [-0.39, 0.29) is 5.88 Å². The summed E-state index contributed by atoms with van der Waals surface area (Å²) < 4.78 is 7.12. The number of carbonyl (C=O) groups excluding carboxylic acids is 1. The van der Waals surface area contributed by atoms with Gasteiger partial charge in [-0.05, 0) is 26.8 Å². The van der Waals surface area contributed by atoms with Crippen LogP contribution in [0.25, 0.3) is 0 Å². The zero-order chi connectivity index (χ0) is 17.8. The van der Waals surface area contributed by atoms with Crippen molar-refractivity contribution in [2.75, 3.05) is 10.6 Å². The minimum atomic E-state index is -0.671. The molecule has 0 aliphatic carbocycles. The summed E-state index contributed by atoms with van der Waals surface area (Å²) in [6.07, 6.45) is 2.59. The average molecular weight is 359 g/mol. The second-order valence-corrected chi connectivity index (χ2v) is 6.23. The van der Waals surface area contributed by atoms with Crippen LogP contribution >= 0.6 is 11.3 Å². The molecule has 130 valence electrons. The van der Waals surface area contributed by atoms with Gasteiger partial charge in [-0.3, -0.25) is 5.32 Å². The summed E-state index contributed by atoms with van der Waals surface area (Å²) in [4.78, 5) is 24.4. The molecule has 0 saturated carbocycles. The van der Waals surface area contributed by atoms with Gasteiger partial charge < -0.3 is 10.1 Å². The molecule has 0 aliphatic heterocycles. The van der Waals surface area contributed by atoms with Gasteiger partial charge in [0.15, 0.2) is 5.00 Å². The normalized spacial score (nSPS) is 10.5. The molecule has 2 N–H and O–H groups in total. The molecule has 0 fully saturated rings. The predicted octanol–water partition coefficient (Wildman–Crippen LogP) is 3.12. The van der Waals surface area contributed by atoms with Crippen LogP contribution < -0.4 is 15.4 Å².